The molecule has 5 aromatic rings. The predicted molar refractivity (Wildman–Crippen MR) is 266 cm³/mol. The van der Waals surface area contributed by atoms with E-state index in [1.807, 2.05) is 0 Å². The first-order valence-electron chi connectivity index (χ1n) is 20.2. The molecule has 0 atom stereocenters. The van der Waals surface area contributed by atoms with Crippen LogP contribution in [0.25, 0.3) is 0 Å². The van der Waals surface area contributed by atoms with Gasteiger partial charge in [-0.3, -0.25) is 74.5 Å². The molecule has 0 bridgehead atoms. The number of benzene rings is 5. The third-order valence-electron chi connectivity index (χ3n) is 8.19. The Hall–Kier alpha value is -7.83. The van der Waals surface area contributed by atoms with Gasteiger partial charge < -0.3 is 20.0 Å². The molecule has 5 aromatic carbocycles. The van der Waals surface area contributed by atoms with Crippen molar-refractivity contribution in [3.63, 3.8) is 0 Å². The van der Waals surface area contributed by atoms with Crippen molar-refractivity contribution in [3.05, 3.63) is 200 Å². The van der Waals surface area contributed by atoms with E-state index in [9.17, 15) is 79.3 Å². The molecule has 0 aliphatic carbocycles. The average Bonchev–Trinajstić information content (AvgIpc) is 3.38. The van der Waals surface area contributed by atoms with Gasteiger partial charge in [-0.1, -0.05) is 34.5 Å². The van der Waals surface area contributed by atoms with Crippen LogP contribution in [0.5, 0.6) is 0 Å². The van der Waals surface area contributed by atoms with Gasteiger partial charge in [0.15, 0.2) is 28.8 Å². The second-order valence-electron chi connectivity index (χ2n) is 13.1. The van der Waals surface area contributed by atoms with Gasteiger partial charge >= 0.3 is 37.1 Å². The number of non-ortho nitro benzene ring substituents is 5. The smallest absolute Gasteiger partial charge is 0.653 e. The number of rotatable bonds is 18. The number of esters is 1. The van der Waals surface area contributed by atoms with Gasteiger partial charge in [0.05, 0.1) is 38.2 Å². The maximum atomic E-state index is 11.7. The van der Waals surface area contributed by atoms with Gasteiger partial charge in [-0.05, 0) is 69.3 Å². The summed E-state index contributed by atoms with van der Waals surface area (Å²) in [6.07, 6.45) is -0.385. The monoisotopic (exact) mass is 1340 g/mol. The van der Waals surface area contributed by atoms with E-state index in [-0.39, 0.29) is 132 Å². The van der Waals surface area contributed by atoms with Crippen molar-refractivity contribution in [2.24, 2.45) is 5.73 Å². The largest absolute Gasteiger partial charge is 2.00 e. The fourth-order valence-corrected chi connectivity index (χ4v) is 4.89. The molecule has 0 aliphatic heterocycles. The van der Waals surface area contributed by atoms with Crippen molar-refractivity contribution in [1.82, 2.24) is 0 Å². The molecule has 25 nitrogen and oxygen atoms in total. The molecule has 0 fully saturated rings. The Balaban J connectivity index is -0.000000842. The van der Waals surface area contributed by atoms with E-state index in [1.165, 1.54) is 135 Å². The molecule has 0 amide bonds. The van der Waals surface area contributed by atoms with E-state index in [2.05, 4.69) is 31.5 Å². The summed E-state index contributed by atoms with van der Waals surface area (Å²) in [7, 11) is 0. The number of alkyl halides is 1. The van der Waals surface area contributed by atoms with Crippen LogP contribution in [0, 0.1) is 87.8 Å². The second kappa shape index (κ2) is 39.7. The summed E-state index contributed by atoms with van der Waals surface area (Å²) in [6, 6.07) is 30.0. The summed E-state index contributed by atoms with van der Waals surface area (Å²) in [5, 5.41) is 51.4. The molecular weight excluding hydrogens is 1290 g/mol. The minimum atomic E-state index is -0.955. The number of hydrogen-bond donors (Lipinski definition) is 1. The van der Waals surface area contributed by atoms with Gasteiger partial charge in [0.1, 0.15) is 0 Å². The molecule has 2 N–H and O–H groups in total. The summed E-state index contributed by atoms with van der Waals surface area (Å²) in [5.41, 5.74) is 6.68. The van der Waals surface area contributed by atoms with Gasteiger partial charge in [-0.25, -0.2) is 4.79 Å². The first kappa shape index (κ1) is 70.4. The maximum absolute atomic E-state index is 11.7. The van der Waals surface area contributed by atoms with E-state index in [4.69, 9.17) is 10.5 Å². The second-order valence-corrected chi connectivity index (χ2v) is 13.6. The molecule has 0 saturated heterocycles. The molecule has 0 heterocycles. The molecule has 5 rings (SSSR count). The first-order chi connectivity index (χ1) is 34.1. The van der Waals surface area contributed by atoms with E-state index in [0.29, 0.717) is 23.3 Å². The molecule has 390 valence electrons. The van der Waals surface area contributed by atoms with Crippen molar-refractivity contribution in [1.29, 1.82) is 0 Å². The third-order valence-corrected chi connectivity index (χ3v) is 8.70. The van der Waals surface area contributed by atoms with Gasteiger partial charge in [0.25, 0.3) is 22.7 Å². The molecule has 0 radical (unpaired) electrons. The molecule has 0 saturated carbocycles. The number of ether oxygens (including phenoxy) is 2. The quantitative estimate of drug-likeness (QED) is 0.0164. The summed E-state index contributed by atoms with van der Waals surface area (Å²) >= 11 is 3.02. The number of Topliss-reactive ketones (excluding diaryl/α,β-unsaturated/α-hetero) is 5. The van der Waals surface area contributed by atoms with Crippen LogP contribution in [0.4, 0.5) is 28.4 Å². The minimum absolute atomic E-state index is 0. The number of nitrogens with zero attached hydrogens (tertiary/aromatic N) is 5. The van der Waals surface area contributed by atoms with E-state index in [0.717, 1.165) is 0 Å². The zero-order chi connectivity index (χ0) is 54.8. The van der Waals surface area contributed by atoms with Gasteiger partial charge in [-0.2, -0.15) is 18.2 Å². The summed E-state index contributed by atoms with van der Waals surface area (Å²) < 4.78 is 8.54. The summed E-state index contributed by atoms with van der Waals surface area (Å²) in [6.45, 7) is 6.42. The fourth-order valence-electron chi connectivity index (χ4n) is 4.56. The van der Waals surface area contributed by atoms with Crippen molar-refractivity contribution < 1.29 is 98.8 Å². The van der Waals surface area contributed by atoms with Crippen LogP contribution in [0.1, 0.15) is 75.0 Å². The predicted octanol–water partition coefficient (Wildman–Crippen LogP) is 8.30. The molecule has 0 unspecified atom stereocenters. The minimum Gasteiger partial charge on any atom is -0.653 e. The SMILES string of the molecule is CC(=O)c1ccc([N+](=O)[O-])cc1.CCOC(=O)C(=O)CCC(=O)c1ccc([N+](=O)[O-])cc1.CCO[C-]=O.Cl.NCC(=O)c1ccc([N+](=O)[O-])cc1.O=C(CBr)c1ccc([N+](=O)[O-])cc1.O=[N+]([O-])c1cc[c-]cc1.[U+2]. The average molecular weight is 1340 g/mol. The molecule has 0 spiro atoms. The molecule has 74 heavy (non-hydrogen) atoms. The number of carbonyl (C=O) groups excluding carboxylic acids is 7. The van der Waals surface area contributed by atoms with E-state index < -0.39 is 36.4 Å². The Morgan fingerprint density at radius 3 is 1.12 bits per heavy atom. The number of nitrogens with two attached hydrogens (primary N) is 1. The van der Waals surface area contributed by atoms with E-state index >= 15 is 0 Å². The van der Waals surface area contributed by atoms with Crippen molar-refractivity contribution >= 4 is 98.1 Å². The van der Waals surface area contributed by atoms with Crippen LogP contribution in [0.2, 0.25) is 0 Å². The third kappa shape index (κ3) is 28.9. The van der Waals surface area contributed by atoms with Crippen LogP contribution >= 0.6 is 28.3 Å². The van der Waals surface area contributed by atoms with Crippen LogP contribution < -0.4 is 5.73 Å². The topological polar surface area (TPSA) is 380 Å². The Morgan fingerprint density at radius 2 is 0.865 bits per heavy atom. The number of ketones is 5. The van der Waals surface area contributed by atoms with Crippen molar-refractivity contribution in [2.75, 3.05) is 25.1 Å². The van der Waals surface area contributed by atoms with Gasteiger partial charge in [-0.15, -0.1) is 12.4 Å². The van der Waals surface area contributed by atoms with Gasteiger partial charge in [0, 0.05) is 95.2 Å². The molecular formula is C46H44BrClN6O19U. The van der Waals surface area contributed by atoms with E-state index in [1.54, 1.807) is 13.8 Å². The van der Waals surface area contributed by atoms with Crippen molar-refractivity contribution in [2.45, 2.75) is 33.6 Å². The van der Waals surface area contributed by atoms with Crippen LogP contribution in [-0.2, 0) is 23.9 Å². The van der Waals surface area contributed by atoms with Crippen LogP contribution in [0.3, 0.4) is 0 Å². The normalized spacial score (nSPS) is 9.09. The number of halogens is 2. The molecule has 28 heteroatoms. The number of nitro benzene ring substituents is 5. The van der Waals surface area contributed by atoms with Crippen LogP contribution in [0.15, 0.2) is 121 Å². The standard InChI is InChI=1S/C13H13NO6.C8H6BrNO3.C8H8N2O3.C8H7NO3.C6H4NO2.C3H5O2.ClH.U/c1-2-20-13(17)12(16)8-7-11(15)9-3-5-10(6-4-9)14(18)19;2*9-5-8(11)6-1-3-7(4-2-6)10(12)13;1-6(10)7-2-4-8(5-3-7)9(11)12;8-7(9)6-4-2-1-3-5-6;1-2-5-3-4;;/h3-6H,2,7-8H2,1H3;1-4H,5H2;1-4H,5,9H2;2-5H,1H3;2-5H;2H2,1H3;1H;/q;;;;2*-1;;+2. The number of hydrogen-bond acceptors (Lipinski definition) is 20. The maximum Gasteiger partial charge on any atom is 2.00 e. The molecule has 0 aromatic heterocycles. The Bertz CT molecular complexity index is 2540. The van der Waals surface area contributed by atoms with Gasteiger partial charge in [0.2, 0.25) is 5.78 Å². The summed E-state index contributed by atoms with van der Waals surface area (Å²) in [5.74, 6) is -2.49. The van der Waals surface area contributed by atoms with Crippen LogP contribution in [-0.4, -0.2) is 91.1 Å². The van der Waals surface area contributed by atoms with Crippen molar-refractivity contribution in [3.8, 4) is 0 Å². The first-order valence-corrected chi connectivity index (χ1v) is 21.3. The number of nitro groups is 5. The number of carbonyl (C=O) groups is 6. The summed E-state index contributed by atoms with van der Waals surface area (Å²) in [4.78, 5) is 125. The fraction of sp³-hybridized carbons (Fsp3) is 0.196. The zero-order valence-electron chi connectivity index (χ0n) is 39.1. The molecule has 0 aliphatic rings. The Morgan fingerprint density at radius 1 is 0.541 bits per heavy atom. The zero-order valence-corrected chi connectivity index (χ0v) is 45.7. The Labute approximate surface area is 458 Å². The Kier molecular flexibility index (Phi) is 37.8.